The van der Waals surface area contributed by atoms with E-state index in [0.29, 0.717) is 0 Å². The van der Waals surface area contributed by atoms with Crippen molar-refractivity contribution in [3.05, 3.63) is 0 Å². The molecule has 39 heavy (non-hydrogen) atoms. The lowest BCUT2D eigenvalue weighted by atomic mass is 10.2. The summed E-state index contributed by atoms with van der Waals surface area (Å²) < 4.78 is 303. The third kappa shape index (κ3) is 4.88. The highest BCUT2D eigenvalue weighted by Gasteiger charge is 2.91. The number of alkyl halides is 16. The molecule has 0 radical (unpaired) electrons. The van der Waals surface area contributed by atoms with Crippen LogP contribution in [0, 0.1) is 0 Å². The van der Waals surface area contributed by atoms with E-state index >= 15 is 0 Å². The summed E-state index contributed by atoms with van der Waals surface area (Å²) in [6.45, 7) is 0. The highest BCUT2D eigenvalue weighted by molar-refractivity contribution is 8.01. The zero-order valence-corrected chi connectivity index (χ0v) is 19.4. The maximum absolute atomic E-state index is 12.7. The zero-order valence-electron chi connectivity index (χ0n) is 16.2. The van der Waals surface area contributed by atoms with E-state index in [9.17, 15) is 113 Å². The van der Waals surface area contributed by atoms with Crippen LogP contribution in [0.3, 0.4) is 0 Å². The van der Waals surface area contributed by atoms with Crippen molar-refractivity contribution in [1.29, 1.82) is 0 Å². The van der Waals surface area contributed by atoms with Gasteiger partial charge in [0.15, 0.2) is 20.2 Å². The summed E-state index contributed by atoms with van der Waals surface area (Å²) in [5.41, 5.74) is 0. The van der Waals surface area contributed by atoms with E-state index in [1.165, 1.54) is 0 Å². The van der Waals surface area contributed by atoms with Crippen molar-refractivity contribution >= 4 is 40.5 Å². The van der Waals surface area contributed by atoms with Gasteiger partial charge in [0.05, 0.1) is 0 Å². The minimum Gasteiger partial charge on any atom is -0.743 e. The third-order valence-corrected chi connectivity index (χ3v) is 8.66. The number of hydrogen-bond acceptors (Lipinski definition) is 11. The average molecular weight is 704 g/mol. The lowest BCUT2D eigenvalue weighted by molar-refractivity contribution is -0.327. The first-order chi connectivity index (χ1) is 16.2. The van der Waals surface area contributed by atoms with Gasteiger partial charge >= 0.3 is 64.9 Å². The number of rotatable bonds is 5. The molecule has 0 aromatic carbocycles. The molecule has 1 aliphatic heterocycles. The quantitative estimate of drug-likeness (QED) is 0.299. The summed E-state index contributed by atoms with van der Waals surface area (Å²) >= 11 is 0. The van der Waals surface area contributed by atoms with Crippen LogP contribution < -0.4 is 0 Å². The van der Waals surface area contributed by atoms with Crippen LogP contribution in [0.1, 0.15) is 0 Å². The van der Waals surface area contributed by atoms with Crippen LogP contribution in [-0.2, 0) is 44.1 Å². The van der Waals surface area contributed by atoms with Gasteiger partial charge in [0, 0.05) is 0 Å². The van der Waals surface area contributed by atoms with Crippen LogP contribution in [-0.4, -0.2) is 87.5 Å². The summed E-state index contributed by atoms with van der Waals surface area (Å²) in [7, 11) is -29.8. The van der Waals surface area contributed by atoms with Gasteiger partial charge in [0.1, 0.15) is 0 Å². The first-order valence-electron chi connectivity index (χ1n) is 7.34. The molecule has 11 nitrogen and oxygen atoms in total. The van der Waals surface area contributed by atoms with E-state index in [1.807, 2.05) is 0 Å². The Balaban J connectivity index is 0.000000741. The highest BCUT2D eigenvalue weighted by Crippen LogP contribution is 2.59. The molecular weight excluding hydrogens is 704 g/mol. The lowest BCUT2D eigenvalue weighted by Gasteiger charge is -2.37. The number of halogens is 16. The summed E-state index contributed by atoms with van der Waals surface area (Å²) in [5.74, 6) is -29.8. The molecule has 1 heterocycles. The van der Waals surface area contributed by atoms with Crippen LogP contribution in [0.15, 0.2) is 0 Å². The Morgan fingerprint density at radius 3 is 0.846 bits per heavy atom. The fraction of sp³-hybridized carbons (Fsp3) is 1.00. The SMILES string of the molecule is O=S(=O)([O-])C(F)(F)C(F)(F)C(F)(F)C(F)(F)S(=O)(=O)[O-].O=S1(=O)OS(=O)(=O)C(F)(F)C(F)(F)C(F)(F)C1(F)F. The van der Waals surface area contributed by atoms with Crippen molar-refractivity contribution in [3.8, 4) is 0 Å². The number of hydrogen-bond donors (Lipinski definition) is 0. The maximum Gasteiger partial charge on any atom is 0.439 e. The fourth-order valence-electron chi connectivity index (χ4n) is 1.56. The van der Waals surface area contributed by atoms with Crippen molar-refractivity contribution in [1.82, 2.24) is 0 Å². The fourth-order valence-corrected chi connectivity index (χ4v) is 4.96. The van der Waals surface area contributed by atoms with Gasteiger partial charge in [-0.05, 0) is 0 Å². The van der Waals surface area contributed by atoms with Gasteiger partial charge in [-0.15, -0.1) is 3.63 Å². The molecule has 1 saturated heterocycles. The maximum atomic E-state index is 12.7. The van der Waals surface area contributed by atoms with Crippen LogP contribution in [0.5, 0.6) is 0 Å². The molecule has 0 aromatic heterocycles. The molecule has 0 spiro atoms. The molecule has 0 bridgehead atoms. The lowest BCUT2D eigenvalue weighted by Crippen LogP contribution is -2.66. The van der Waals surface area contributed by atoms with E-state index in [2.05, 4.69) is 3.63 Å². The average Bonchev–Trinajstić information content (AvgIpc) is 2.65. The molecule has 1 fully saturated rings. The van der Waals surface area contributed by atoms with Crippen molar-refractivity contribution in [2.75, 3.05) is 0 Å². The predicted octanol–water partition coefficient (Wildman–Crippen LogP) is 1.67. The van der Waals surface area contributed by atoms with E-state index in [0.717, 1.165) is 0 Å². The monoisotopic (exact) mass is 704 g/mol. The van der Waals surface area contributed by atoms with Gasteiger partial charge in [-0.25, -0.2) is 16.8 Å². The molecular formula is C8F16O11S4-2. The van der Waals surface area contributed by atoms with Crippen molar-refractivity contribution < 1.29 is 117 Å². The van der Waals surface area contributed by atoms with Crippen molar-refractivity contribution in [2.45, 2.75) is 44.7 Å². The standard InChI is InChI=1S/C4H2F8O6S2.C4F8O5S2/c5-1(6,3(9,10)19(13,14)15)2(7,8)4(11,12)20(16,17)18;5-1(6)2(7,8)4(11,12)19(15,16)17-18(13,14)3(1,9)10/h(H,13,14,15)(H,16,17,18);/p-2. The second-order valence-corrected chi connectivity index (χ2v) is 12.5. The molecule has 0 aromatic rings. The minimum atomic E-state index is -7.68. The molecule has 1 aliphatic rings. The Morgan fingerprint density at radius 1 is 0.513 bits per heavy atom. The topological polar surface area (TPSA) is 192 Å². The molecule has 0 N–H and O–H groups in total. The van der Waals surface area contributed by atoms with Gasteiger partial charge in [-0.2, -0.15) is 87.1 Å². The molecule has 236 valence electrons. The molecule has 31 heteroatoms. The van der Waals surface area contributed by atoms with Crippen LogP contribution >= 0.6 is 0 Å². The normalized spacial score (nSPS) is 24.6. The summed E-state index contributed by atoms with van der Waals surface area (Å²) in [5, 5.41) is -28.4. The second kappa shape index (κ2) is 9.03. The van der Waals surface area contributed by atoms with Gasteiger partial charge in [-0.1, -0.05) is 0 Å². The van der Waals surface area contributed by atoms with Gasteiger partial charge in [0.2, 0.25) is 0 Å². The Hall–Kier alpha value is -1.44. The zero-order chi connectivity index (χ0) is 32.7. The largest absolute Gasteiger partial charge is 0.743 e. The minimum absolute atomic E-state index is 2.17. The summed E-state index contributed by atoms with van der Waals surface area (Å²) in [6, 6.07) is 0. The van der Waals surface area contributed by atoms with Gasteiger partial charge in [0.25, 0.3) is 0 Å². The van der Waals surface area contributed by atoms with Crippen LogP contribution in [0.4, 0.5) is 70.2 Å². The van der Waals surface area contributed by atoms with Crippen molar-refractivity contribution in [3.63, 3.8) is 0 Å². The Kier molecular flexibility index (Phi) is 8.69. The smallest absolute Gasteiger partial charge is 0.439 e. The molecule has 0 atom stereocenters. The van der Waals surface area contributed by atoms with Crippen LogP contribution in [0.25, 0.3) is 0 Å². The first kappa shape index (κ1) is 37.6. The van der Waals surface area contributed by atoms with E-state index in [1.54, 1.807) is 0 Å². The predicted molar refractivity (Wildman–Crippen MR) is 77.9 cm³/mol. The second-order valence-electron chi connectivity index (χ2n) is 6.25. The Labute approximate surface area is 202 Å². The third-order valence-electron chi connectivity index (χ3n) is 3.69. The van der Waals surface area contributed by atoms with E-state index in [-0.39, 0.29) is 0 Å². The van der Waals surface area contributed by atoms with Crippen LogP contribution in [0.2, 0.25) is 0 Å². The van der Waals surface area contributed by atoms with E-state index in [4.69, 9.17) is 0 Å². The molecule has 0 amide bonds. The Morgan fingerprint density at radius 2 is 0.692 bits per heavy atom. The van der Waals surface area contributed by atoms with Gasteiger partial charge < -0.3 is 9.11 Å². The summed E-state index contributed by atoms with van der Waals surface area (Å²) in [6.07, 6.45) is 0. The molecule has 0 saturated carbocycles. The molecule has 1 rings (SSSR count). The Bertz CT molecular complexity index is 1300. The highest BCUT2D eigenvalue weighted by atomic mass is 32.3. The summed E-state index contributed by atoms with van der Waals surface area (Å²) in [4.78, 5) is 0. The van der Waals surface area contributed by atoms with Crippen molar-refractivity contribution in [2.24, 2.45) is 0 Å². The molecule has 0 unspecified atom stereocenters. The van der Waals surface area contributed by atoms with E-state index < -0.39 is 85.2 Å². The van der Waals surface area contributed by atoms with Gasteiger partial charge in [-0.3, -0.25) is 0 Å². The first-order valence-corrected chi connectivity index (χ1v) is 13.0. The molecule has 0 aliphatic carbocycles.